The van der Waals surface area contributed by atoms with E-state index in [2.05, 4.69) is 4.74 Å². The van der Waals surface area contributed by atoms with Crippen LogP contribution in [0.1, 0.15) is 26.7 Å². The van der Waals surface area contributed by atoms with Gasteiger partial charge in [0, 0.05) is 12.8 Å². The van der Waals surface area contributed by atoms with Gasteiger partial charge in [-0.25, -0.2) is 0 Å². The molecule has 0 saturated carbocycles. The second-order valence-electron chi connectivity index (χ2n) is 3.21. The van der Waals surface area contributed by atoms with E-state index in [1.54, 1.807) is 0 Å². The number of rotatable bonds is 0. The summed E-state index contributed by atoms with van der Waals surface area (Å²) in [5, 5.41) is 0. The SMILES string of the molecule is C[C@@H]1CC(=O)OC(=O)C[C@H]1C. The average Bonchev–Trinajstić information content (AvgIpc) is 1.93. The van der Waals surface area contributed by atoms with Gasteiger partial charge in [-0.05, 0) is 11.8 Å². The van der Waals surface area contributed by atoms with Crippen molar-refractivity contribution in [3.05, 3.63) is 0 Å². The zero-order chi connectivity index (χ0) is 8.43. The molecule has 0 aromatic heterocycles. The highest BCUT2D eigenvalue weighted by atomic mass is 16.6. The van der Waals surface area contributed by atoms with Crippen molar-refractivity contribution in [1.29, 1.82) is 0 Å². The minimum Gasteiger partial charge on any atom is -0.393 e. The van der Waals surface area contributed by atoms with Gasteiger partial charge in [-0.3, -0.25) is 9.59 Å². The molecule has 0 aromatic carbocycles. The van der Waals surface area contributed by atoms with Crippen LogP contribution in [0.4, 0.5) is 0 Å². The zero-order valence-corrected chi connectivity index (χ0v) is 6.79. The van der Waals surface area contributed by atoms with E-state index >= 15 is 0 Å². The quantitative estimate of drug-likeness (QED) is 0.390. The monoisotopic (exact) mass is 156 g/mol. The average molecular weight is 156 g/mol. The summed E-state index contributed by atoms with van der Waals surface area (Å²) < 4.78 is 4.47. The molecule has 1 aliphatic rings. The summed E-state index contributed by atoms with van der Waals surface area (Å²) in [5.74, 6) is -0.249. The largest absolute Gasteiger partial charge is 0.393 e. The van der Waals surface area contributed by atoms with Crippen molar-refractivity contribution in [3.8, 4) is 0 Å². The summed E-state index contributed by atoms with van der Waals surface area (Å²) in [6.45, 7) is 3.93. The number of hydrogen-bond acceptors (Lipinski definition) is 3. The number of cyclic esters (lactones) is 2. The van der Waals surface area contributed by atoms with Gasteiger partial charge in [-0.15, -0.1) is 0 Å². The molecule has 11 heavy (non-hydrogen) atoms. The van der Waals surface area contributed by atoms with Crippen LogP contribution in [0.15, 0.2) is 0 Å². The molecule has 0 amide bonds. The third kappa shape index (κ3) is 2.03. The Bertz CT molecular complexity index is 166. The van der Waals surface area contributed by atoms with Gasteiger partial charge >= 0.3 is 11.9 Å². The molecular weight excluding hydrogens is 144 g/mol. The minimum absolute atomic E-state index is 0.258. The van der Waals surface area contributed by atoms with Crippen molar-refractivity contribution < 1.29 is 14.3 Å². The van der Waals surface area contributed by atoms with Crippen LogP contribution in [0.25, 0.3) is 0 Å². The predicted molar refractivity (Wildman–Crippen MR) is 38.7 cm³/mol. The van der Waals surface area contributed by atoms with E-state index in [1.165, 1.54) is 0 Å². The Morgan fingerprint density at radius 3 is 1.82 bits per heavy atom. The second-order valence-corrected chi connectivity index (χ2v) is 3.21. The predicted octanol–water partition coefficient (Wildman–Crippen LogP) is 1.12. The van der Waals surface area contributed by atoms with Crippen LogP contribution < -0.4 is 0 Å². The molecule has 1 fully saturated rings. The van der Waals surface area contributed by atoms with E-state index in [0.29, 0.717) is 12.8 Å². The van der Waals surface area contributed by atoms with Gasteiger partial charge in [-0.1, -0.05) is 13.8 Å². The number of carbonyl (C=O) groups excluding carboxylic acids is 2. The lowest BCUT2D eigenvalue weighted by atomic mass is 9.91. The summed E-state index contributed by atoms with van der Waals surface area (Å²) >= 11 is 0. The molecule has 0 aromatic rings. The first-order chi connectivity index (χ1) is 5.09. The van der Waals surface area contributed by atoms with Crippen LogP contribution in [0.5, 0.6) is 0 Å². The lowest BCUT2D eigenvalue weighted by Crippen LogP contribution is -2.08. The number of esters is 2. The Balaban J connectivity index is 2.66. The highest BCUT2D eigenvalue weighted by Crippen LogP contribution is 2.22. The molecule has 1 heterocycles. The van der Waals surface area contributed by atoms with E-state index < -0.39 is 0 Å². The summed E-state index contributed by atoms with van der Waals surface area (Å²) in [7, 11) is 0. The van der Waals surface area contributed by atoms with Gasteiger partial charge in [-0.2, -0.15) is 0 Å². The third-order valence-electron chi connectivity index (χ3n) is 2.18. The second kappa shape index (κ2) is 3.03. The maximum Gasteiger partial charge on any atom is 0.313 e. The third-order valence-corrected chi connectivity index (χ3v) is 2.18. The van der Waals surface area contributed by atoms with Gasteiger partial charge in [0.1, 0.15) is 0 Å². The molecule has 0 unspecified atom stereocenters. The van der Waals surface area contributed by atoms with Gasteiger partial charge < -0.3 is 4.74 Å². The normalized spacial score (nSPS) is 32.9. The van der Waals surface area contributed by atoms with Crippen molar-refractivity contribution >= 4 is 11.9 Å². The van der Waals surface area contributed by atoms with Crippen molar-refractivity contribution in [2.45, 2.75) is 26.7 Å². The standard InChI is InChI=1S/C8H12O3/c1-5-3-7(9)11-8(10)4-6(5)2/h5-6H,3-4H2,1-2H3/t5-,6-/m1/s1. The van der Waals surface area contributed by atoms with Gasteiger partial charge in [0.2, 0.25) is 0 Å². The van der Waals surface area contributed by atoms with Crippen LogP contribution in [-0.2, 0) is 14.3 Å². The molecule has 62 valence electrons. The molecule has 1 rings (SSSR count). The Labute approximate surface area is 65.7 Å². The van der Waals surface area contributed by atoms with Crippen molar-refractivity contribution in [2.75, 3.05) is 0 Å². The molecule has 0 bridgehead atoms. The van der Waals surface area contributed by atoms with E-state index in [0.717, 1.165) is 0 Å². The van der Waals surface area contributed by atoms with Crippen LogP contribution in [-0.4, -0.2) is 11.9 Å². The van der Waals surface area contributed by atoms with E-state index in [9.17, 15) is 9.59 Å². The molecule has 3 nitrogen and oxygen atoms in total. The Morgan fingerprint density at radius 1 is 1.09 bits per heavy atom. The summed E-state index contributed by atoms with van der Waals surface area (Å²) in [4.78, 5) is 21.6. The number of ether oxygens (including phenoxy) is 1. The van der Waals surface area contributed by atoms with Crippen LogP contribution in [0, 0.1) is 11.8 Å². The zero-order valence-electron chi connectivity index (χ0n) is 6.79. The first-order valence-corrected chi connectivity index (χ1v) is 3.83. The maximum atomic E-state index is 10.8. The summed E-state index contributed by atoms with van der Waals surface area (Å²) in [6, 6.07) is 0. The number of hydrogen-bond donors (Lipinski definition) is 0. The smallest absolute Gasteiger partial charge is 0.313 e. The summed E-state index contributed by atoms with van der Waals surface area (Å²) in [5.41, 5.74) is 0. The topological polar surface area (TPSA) is 43.4 Å². The van der Waals surface area contributed by atoms with Crippen molar-refractivity contribution in [3.63, 3.8) is 0 Å². The van der Waals surface area contributed by atoms with Crippen molar-refractivity contribution in [2.24, 2.45) is 11.8 Å². The van der Waals surface area contributed by atoms with E-state index in [4.69, 9.17) is 0 Å². The minimum atomic E-state index is -0.383. The Hall–Kier alpha value is -0.860. The maximum absolute atomic E-state index is 10.8. The number of carbonyl (C=O) groups is 2. The van der Waals surface area contributed by atoms with Crippen LogP contribution >= 0.6 is 0 Å². The fourth-order valence-electron chi connectivity index (χ4n) is 1.14. The Kier molecular flexibility index (Phi) is 2.27. The van der Waals surface area contributed by atoms with Crippen molar-refractivity contribution in [1.82, 2.24) is 0 Å². The Morgan fingerprint density at radius 2 is 1.45 bits per heavy atom. The van der Waals surface area contributed by atoms with E-state index in [1.807, 2.05) is 13.8 Å². The molecule has 3 heteroatoms. The van der Waals surface area contributed by atoms with Gasteiger partial charge in [0.05, 0.1) is 0 Å². The highest BCUT2D eigenvalue weighted by Gasteiger charge is 2.26. The molecule has 1 saturated heterocycles. The lowest BCUT2D eigenvalue weighted by Gasteiger charge is -2.11. The molecule has 1 aliphatic heterocycles. The van der Waals surface area contributed by atoms with Crippen LogP contribution in [0.2, 0.25) is 0 Å². The first kappa shape index (κ1) is 8.24. The molecule has 0 N–H and O–H groups in total. The fourth-order valence-corrected chi connectivity index (χ4v) is 1.14. The molecular formula is C8H12O3. The molecule has 0 radical (unpaired) electrons. The molecule has 0 aliphatic carbocycles. The molecule has 2 atom stereocenters. The summed E-state index contributed by atoms with van der Waals surface area (Å²) in [6.07, 6.45) is 0.736. The van der Waals surface area contributed by atoms with Gasteiger partial charge in [0.15, 0.2) is 0 Å². The fraction of sp³-hybridized carbons (Fsp3) is 0.750. The lowest BCUT2D eigenvalue weighted by molar-refractivity contribution is -0.158. The highest BCUT2D eigenvalue weighted by molar-refractivity contribution is 5.86. The van der Waals surface area contributed by atoms with E-state index in [-0.39, 0.29) is 23.8 Å². The molecule has 0 spiro atoms. The van der Waals surface area contributed by atoms with Crippen LogP contribution in [0.3, 0.4) is 0 Å². The van der Waals surface area contributed by atoms with Gasteiger partial charge in [0.25, 0.3) is 0 Å². The first-order valence-electron chi connectivity index (χ1n) is 3.83.